The molecule has 0 aliphatic rings. The zero-order valence-corrected chi connectivity index (χ0v) is 9.83. The molecule has 0 atom stereocenters. The lowest BCUT2D eigenvalue weighted by atomic mass is 10.3. The van der Waals surface area contributed by atoms with Crippen LogP contribution in [0.15, 0.2) is 42.5 Å². The lowest BCUT2D eigenvalue weighted by molar-refractivity contribution is 0.229. The van der Waals surface area contributed by atoms with Gasteiger partial charge in [0.25, 0.3) is 0 Å². The van der Waals surface area contributed by atoms with Gasteiger partial charge >= 0.3 is 0 Å². The fourth-order valence-electron chi connectivity index (χ4n) is 1.28. The van der Waals surface area contributed by atoms with Gasteiger partial charge in [-0.3, -0.25) is 0 Å². The van der Waals surface area contributed by atoms with Crippen LogP contribution in [0.25, 0.3) is 0 Å². The molecule has 1 heterocycles. The molecule has 0 aliphatic carbocycles. The molecule has 0 fully saturated rings. The monoisotopic (exact) mass is 230 g/mol. The summed E-state index contributed by atoms with van der Waals surface area (Å²) in [5.74, 6) is 1.69. The third kappa shape index (κ3) is 3.45. The molecule has 4 nitrogen and oxygen atoms in total. The summed E-state index contributed by atoms with van der Waals surface area (Å²) >= 11 is 0. The Labute approximate surface area is 100 Å². The van der Waals surface area contributed by atoms with Crippen molar-refractivity contribution in [1.82, 2.24) is 10.2 Å². The van der Waals surface area contributed by atoms with Gasteiger partial charge < -0.3 is 9.47 Å². The van der Waals surface area contributed by atoms with Crippen molar-refractivity contribution in [3.8, 4) is 17.5 Å². The third-order valence-corrected chi connectivity index (χ3v) is 1.94. The van der Waals surface area contributed by atoms with Crippen molar-refractivity contribution < 1.29 is 9.47 Å². The molecular formula is C13H14N2O2. The predicted molar refractivity (Wildman–Crippen MR) is 64.3 cm³/mol. The highest BCUT2D eigenvalue weighted by atomic mass is 16.5. The molecule has 2 rings (SSSR count). The van der Waals surface area contributed by atoms with E-state index >= 15 is 0 Å². The van der Waals surface area contributed by atoms with Gasteiger partial charge in [-0.1, -0.05) is 18.2 Å². The Hall–Kier alpha value is -2.10. The quantitative estimate of drug-likeness (QED) is 0.809. The van der Waals surface area contributed by atoms with Crippen LogP contribution in [0.2, 0.25) is 0 Å². The van der Waals surface area contributed by atoms with E-state index in [-0.39, 0.29) is 6.10 Å². The molecule has 0 saturated heterocycles. The molecule has 0 saturated carbocycles. The van der Waals surface area contributed by atoms with E-state index < -0.39 is 0 Å². The molecule has 0 aliphatic heterocycles. The summed E-state index contributed by atoms with van der Waals surface area (Å²) in [6.45, 7) is 3.88. The summed E-state index contributed by atoms with van der Waals surface area (Å²) in [4.78, 5) is 0. The van der Waals surface area contributed by atoms with Crippen molar-refractivity contribution in [3.05, 3.63) is 42.5 Å². The van der Waals surface area contributed by atoms with Gasteiger partial charge in [0.05, 0.1) is 6.10 Å². The van der Waals surface area contributed by atoms with Crippen LogP contribution < -0.4 is 9.47 Å². The molecule has 0 radical (unpaired) electrons. The summed E-state index contributed by atoms with van der Waals surface area (Å²) < 4.78 is 10.9. The fraction of sp³-hybridized carbons (Fsp3) is 0.231. The minimum absolute atomic E-state index is 0.0881. The first-order chi connectivity index (χ1) is 8.24. The number of ether oxygens (including phenoxy) is 2. The Bertz CT molecular complexity index is 455. The maximum Gasteiger partial charge on any atom is 0.239 e. The molecule has 88 valence electrons. The highest BCUT2D eigenvalue weighted by Gasteiger charge is 2.02. The predicted octanol–water partition coefficient (Wildman–Crippen LogP) is 3.06. The molecule has 1 aromatic heterocycles. The van der Waals surface area contributed by atoms with E-state index in [1.807, 2.05) is 44.2 Å². The Kier molecular flexibility index (Phi) is 3.55. The van der Waals surface area contributed by atoms with Crippen molar-refractivity contribution in [1.29, 1.82) is 0 Å². The highest BCUT2D eigenvalue weighted by Crippen LogP contribution is 2.19. The van der Waals surface area contributed by atoms with E-state index in [2.05, 4.69) is 10.2 Å². The first-order valence-corrected chi connectivity index (χ1v) is 5.47. The van der Waals surface area contributed by atoms with Crippen LogP contribution in [0.5, 0.6) is 17.5 Å². The maximum absolute atomic E-state index is 5.51. The van der Waals surface area contributed by atoms with Crippen LogP contribution in [-0.2, 0) is 0 Å². The van der Waals surface area contributed by atoms with Crippen LogP contribution in [0.3, 0.4) is 0 Å². The minimum atomic E-state index is 0.0881. The zero-order valence-electron chi connectivity index (χ0n) is 9.83. The van der Waals surface area contributed by atoms with Crippen LogP contribution in [-0.4, -0.2) is 16.3 Å². The van der Waals surface area contributed by atoms with Crippen molar-refractivity contribution in [2.75, 3.05) is 0 Å². The standard InChI is InChI=1S/C13H14N2O2/c1-10(2)16-12-8-9-13(15-14-12)17-11-6-4-3-5-7-11/h3-10H,1-2H3. The largest absolute Gasteiger partial charge is 0.474 e. The molecule has 0 N–H and O–H groups in total. The number of hydrogen-bond donors (Lipinski definition) is 0. The van der Waals surface area contributed by atoms with E-state index in [4.69, 9.17) is 9.47 Å². The molecule has 1 aromatic carbocycles. The Balaban J connectivity index is 2.03. The van der Waals surface area contributed by atoms with E-state index in [0.29, 0.717) is 11.8 Å². The number of benzene rings is 1. The number of para-hydroxylation sites is 1. The molecule has 2 aromatic rings. The van der Waals surface area contributed by atoms with Crippen molar-refractivity contribution >= 4 is 0 Å². The van der Waals surface area contributed by atoms with Gasteiger partial charge in [-0.05, 0) is 26.0 Å². The number of aromatic nitrogens is 2. The molecule has 4 heteroatoms. The third-order valence-electron chi connectivity index (χ3n) is 1.94. The van der Waals surface area contributed by atoms with E-state index in [1.165, 1.54) is 0 Å². The average molecular weight is 230 g/mol. The van der Waals surface area contributed by atoms with E-state index in [1.54, 1.807) is 12.1 Å². The average Bonchev–Trinajstić information content (AvgIpc) is 2.32. The second-order valence-corrected chi connectivity index (χ2v) is 3.79. The number of rotatable bonds is 4. The zero-order chi connectivity index (χ0) is 12.1. The first kappa shape index (κ1) is 11.4. The smallest absolute Gasteiger partial charge is 0.239 e. The molecule has 0 spiro atoms. The second-order valence-electron chi connectivity index (χ2n) is 3.79. The first-order valence-electron chi connectivity index (χ1n) is 5.47. The SMILES string of the molecule is CC(C)Oc1ccc(Oc2ccccc2)nn1. The van der Waals surface area contributed by atoms with Gasteiger partial charge in [-0.15, -0.1) is 10.2 Å². The summed E-state index contributed by atoms with van der Waals surface area (Å²) in [5, 5.41) is 7.85. The van der Waals surface area contributed by atoms with Crippen molar-refractivity contribution in [2.45, 2.75) is 20.0 Å². The Morgan fingerprint density at radius 1 is 0.882 bits per heavy atom. The molecule has 0 amide bonds. The van der Waals surface area contributed by atoms with Gasteiger partial charge in [-0.25, -0.2) is 0 Å². The summed E-state index contributed by atoms with van der Waals surface area (Å²) in [6.07, 6.45) is 0.0881. The van der Waals surface area contributed by atoms with Crippen LogP contribution in [0.4, 0.5) is 0 Å². The van der Waals surface area contributed by atoms with Gasteiger partial charge in [0, 0.05) is 12.1 Å². The van der Waals surface area contributed by atoms with Crippen LogP contribution in [0, 0.1) is 0 Å². The summed E-state index contributed by atoms with van der Waals surface area (Å²) in [7, 11) is 0. The number of hydrogen-bond acceptors (Lipinski definition) is 4. The van der Waals surface area contributed by atoms with Gasteiger partial charge in [-0.2, -0.15) is 0 Å². The maximum atomic E-state index is 5.51. The summed E-state index contributed by atoms with van der Waals surface area (Å²) in [5.41, 5.74) is 0. The van der Waals surface area contributed by atoms with Crippen LogP contribution in [0.1, 0.15) is 13.8 Å². The van der Waals surface area contributed by atoms with Gasteiger partial charge in [0.2, 0.25) is 11.8 Å². The minimum Gasteiger partial charge on any atom is -0.474 e. The topological polar surface area (TPSA) is 44.2 Å². The lowest BCUT2D eigenvalue weighted by Gasteiger charge is -2.08. The molecular weight excluding hydrogens is 216 g/mol. The van der Waals surface area contributed by atoms with Crippen molar-refractivity contribution in [3.63, 3.8) is 0 Å². The highest BCUT2D eigenvalue weighted by molar-refractivity contribution is 5.26. The fourth-order valence-corrected chi connectivity index (χ4v) is 1.28. The Morgan fingerprint density at radius 3 is 2.12 bits per heavy atom. The summed E-state index contributed by atoms with van der Waals surface area (Å²) in [6, 6.07) is 12.9. The molecule has 0 unspecified atom stereocenters. The molecule has 0 bridgehead atoms. The number of nitrogens with zero attached hydrogens (tertiary/aromatic N) is 2. The van der Waals surface area contributed by atoms with Gasteiger partial charge in [0.1, 0.15) is 5.75 Å². The van der Waals surface area contributed by atoms with Crippen molar-refractivity contribution in [2.24, 2.45) is 0 Å². The molecule has 17 heavy (non-hydrogen) atoms. The van der Waals surface area contributed by atoms with E-state index in [0.717, 1.165) is 5.75 Å². The second kappa shape index (κ2) is 5.30. The van der Waals surface area contributed by atoms with Crippen LogP contribution >= 0.6 is 0 Å². The van der Waals surface area contributed by atoms with E-state index in [9.17, 15) is 0 Å². The normalized spacial score (nSPS) is 10.3. The van der Waals surface area contributed by atoms with Gasteiger partial charge in [0.15, 0.2) is 0 Å². The Morgan fingerprint density at radius 2 is 1.53 bits per heavy atom. The lowest BCUT2D eigenvalue weighted by Crippen LogP contribution is -2.07.